The summed E-state index contributed by atoms with van der Waals surface area (Å²) in [6.45, 7) is 0. The van der Waals surface area contributed by atoms with Gasteiger partial charge >= 0.3 is 0 Å². The molecule has 0 unspecified atom stereocenters. The Morgan fingerprint density at radius 2 is 2.00 bits per heavy atom. The Balaban J connectivity index is 2.25. The lowest BCUT2D eigenvalue weighted by Crippen LogP contribution is -1.91. The van der Waals surface area contributed by atoms with Crippen molar-refractivity contribution in [1.82, 2.24) is 20.2 Å². The van der Waals surface area contributed by atoms with Gasteiger partial charge in [0.1, 0.15) is 0 Å². The fourth-order valence-electron chi connectivity index (χ4n) is 1.62. The van der Waals surface area contributed by atoms with Gasteiger partial charge in [0.25, 0.3) is 0 Å². The average molecular weight is 211 g/mol. The van der Waals surface area contributed by atoms with Crippen molar-refractivity contribution in [2.75, 3.05) is 5.73 Å². The number of nitrogens with zero attached hydrogens (tertiary/aromatic N) is 3. The summed E-state index contributed by atoms with van der Waals surface area (Å²) >= 11 is 0. The molecule has 0 aromatic carbocycles. The van der Waals surface area contributed by atoms with E-state index in [4.69, 9.17) is 5.73 Å². The van der Waals surface area contributed by atoms with E-state index >= 15 is 0 Å². The van der Waals surface area contributed by atoms with Crippen molar-refractivity contribution < 1.29 is 0 Å². The quantitative estimate of drug-likeness (QED) is 0.640. The van der Waals surface area contributed by atoms with Crippen LogP contribution in [0.2, 0.25) is 0 Å². The molecule has 16 heavy (non-hydrogen) atoms. The van der Waals surface area contributed by atoms with Gasteiger partial charge in [-0.3, -0.25) is 10.1 Å². The lowest BCUT2D eigenvalue weighted by Gasteiger charge is -2.02. The summed E-state index contributed by atoms with van der Waals surface area (Å²) in [5.74, 6) is 0. The van der Waals surface area contributed by atoms with E-state index in [1.54, 1.807) is 18.6 Å². The number of hydrogen-bond acceptors (Lipinski definition) is 4. The molecule has 0 spiro atoms. The maximum absolute atomic E-state index is 5.92. The number of hydrogen-bond donors (Lipinski definition) is 2. The molecular weight excluding hydrogens is 202 g/mol. The van der Waals surface area contributed by atoms with Crippen LogP contribution in [0.4, 0.5) is 5.69 Å². The normalized spacial score (nSPS) is 10.8. The molecule has 5 nitrogen and oxygen atoms in total. The van der Waals surface area contributed by atoms with Crippen LogP contribution in [0.25, 0.3) is 22.3 Å². The zero-order chi connectivity index (χ0) is 11.0. The van der Waals surface area contributed by atoms with Gasteiger partial charge in [0.05, 0.1) is 17.3 Å². The van der Waals surface area contributed by atoms with Crippen molar-refractivity contribution in [2.45, 2.75) is 0 Å². The number of aromatic amines is 1. The van der Waals surface area contributed by atoms with Gasteiger partial charge in [-0.15, -0.1) is 0 Å². The Labute approximate surface area is 91.3 Å². The molecule has 3 aromatic rings. The molecule has 0 amide bonds. The third kappa shape index (κ3) is 1.30. The maximum Gasteiger partial charge on any atom is 0.157 e. The monoisotopic (exact) mass is 211 g/mol. The number of fused-ring (bicyclic) bond motifs is 1. The van der Waals surface area contributed by atoms with Crippen molar-refractivity contribution in [3.05, 3.63) is 36.8 Å². The van der Waals surface area contributed by atoms with Crippen molar-refractivity contribution in [1.29, 1.82) is 0 Å². The minimum Gasteiger partial charge on any atom is -0.398 e. The van der Waals surface area contributed by atoms with E-state index in [1.807, 2.05) is 18.2 Å². The molecule has 0 aliphatic heterocycles. The van der Waals surface area contributed by atoms with Crippen molar-refractivity contribution in [3.63, 3.8) is 0 Å². The van der Waals surface area contributed by atoms with Gasteiger partial charge in [0.2, 0.25) is 0 Å². The van der Waals surface area contributed by atoms with E-state index < -0.39 is 0 Å². The fraction of sp³-hybridized carbons (Fsp3) is 0. The lowest BCUT2D eigenvalue weighted by atomic mass is 10.1. The summed E-state index contributed by atoms with van der Waals surface area (Å²) in [4.78, 5) is 8.41. The van der Waals surface area contributed by atoms with Gasteiger partial charge in [-0.05, 0) is 18.2 Å². The molecule has 3 N–H and O–H groups in total. The molecule has 0 saturated heterocycles. The fourth-order valence-corrected chi connectivity index (χ4v) is 1.62. The summed E-state index contributed by atoms with van der Waals surface area (Å²) in [6, 6.07) is 5.63. The summed E-state index contributed by atoms with van der Waals surface area (Å²) in [5, 5.41) is 7.58. The lowest BCUT2D eigenvalue weighted by molar-refractivity contribution is 1.10. The third-order valence-corrected chi connectivity index (χ3v) is 2.43. The highest BCUT2D eigenvalue weighted by Crippen LogP contribution is 2.24. The predicted octanol–water partition coefficient (Wildman–Crippen LogP) is 1.60. The third-order valence-electron chi connectivity index (χ3n) is 2.43. The number of anilines is 1. The molecule has 5 heteroatoms. The first-order valence-electron chi connectivity index (χ1n) is 4.84. The minimum atomic E-state index is 0.672. The molecule has 0 saturated carbocycles. The van der Waals surface area contributed by atoms with Crippen LogP contribution >= 0.6 is 0 Å². The second-order valence-electron chi connectivity index (χ2n) is 3.46. The first kappa shape index (κ1) is 8.84. The highest BCUT2D eigenvalue weighted by Gasteiger charge is 2.06. The largest absolute Gasteiger partial charge is 0.398 e. The second kappa shape index (κ2) is 3.30. The number of nitrogens with one attached hydrogen (secondary N) is 1. The van der Waals surface area contributed by atoms with Crippen LogP contribution in [0.15, 0.2) is 36.8 Å². The minimum absolute atomic E-state index is 0.672. The van der Waals surface area contributed by atoms with Crippen LogP contribution < -0.4 is 5.73 Å². The highest BCUT2D eigenvalue weighted by molar-refractivity contribution is 5.89. The van der Waals surface area contributed by atoms with Gasteiger partial charge in [-0.1, -0.05) is 0 Å². The van der Waals surface area contributed by atoms with Crippen LogP contribution in [0.5, 0.6) is 0 Å². The molecule has 0 radical (unpaired) electrons. The molecule has 0 aliphatic carbocycles. The van der Waals surface area contributed by atoms with E-state index in [0.29, 0.717) is 11.3 Å². The van der Waals surface area contributed by atoms with Gasteiger partial charge < -0.3 is 5.73 Å². The van der Waals surface area contributed by atoms with Crippen LogP contribution in [0, 0.1) is 0 Å². The molecule has 0 aliphatic rings. The molecule has 3 heterocycles. The molecule has 0 bridgehead atoms. The summed E-state index contributed by atoms with van der Waals surface area (Å²) in [6.07, 6.45) is 5.13. The molecule has 78 valence electrons. The molecule has 0 fully saturated rings. The van der Waals surface area contributed by atoms with Crippen LogP contribution in [0.3, 0.4) is 0 Å². The van der Waals surface area contributed by atoms with Crippen LogP contribution in [-0.4, -0.2) is 20.2 Å². The van der Waals surface area contributed by atoms with E-state index in [9.17, 15) is 0 Å². The van der Waals surface area contributed by atoms with E-state index in [1.165, 1.54) is 0 Å². The van der Waals surface area contributed by atoms with Gasteiger partial charge in [-0.25, -0.2) is 4.98 Å². The van der Waals surface area contributed by atoms with Crippen LogP contribution in [-0.2, 0) is 0 Å². The molecule has 0 atom stereocenters. The van der Waals surface area contributed by atoms with Crippen molar-refractivity contribution >= 4 is 16.7 Å². The first-order valence-corrected chi connectivity index (χ1v) is 4.84. The standard InChI is InChI=1S/C11H9N5/c12-9-5-10(7-1-3-13-4-2-7)15-11-8(9)6-14-16-11/h1-6H,(H3,12,14,15,16). The summed E-state index contributed by atoms with van der Waals surface area (Å²) < 4.78 is 0. The number of nitrogens with two attached hydrogens (primary N) is 1. The Morgan fingerprint density at radius 3 is 2.81 bits per heavy atom. The first-order chi connectivity index (χ1) is 7.84. The Kier molecular flexibility index (Phi) is 1.83. The number of nitrogen functional groups attached to an aromatic ring is 1. The van der Waals surface area contributed by atoms with Gasteiger partial charge in [0, 0.05) is 23.6 Å². The number of H-pyrrole nitrogens is 1. The number of aromatic nitrogens is 4. The Morgan fingerprint density at radius 1 is 1.19 bits per heavy atom. The topological polar surface area (TPSA) is 80.5 Å². The number of rotatable bonds is 1. The average Bonchev–Trinajstić information content (AvgIpc) is 2.79. The maximum atomic E-state index is 5.92. The second-order valence-corrected chi connectivity index (χ2v) is 3.46. The van der Waals surface area contributed by atoms with E-state index in [2.05, 4.69) is 20.2 Å². The SMILES string of the molecule is Nc1cc(-c2ccncc2)nc2[nH]ncc12. The van der Waals surface area contributed by atoms with Crippen molar-refractivity contribution in [2.24, 2.45) is 0 Å². The zero-order valence-corrected chi connectivity index (χ0v) is 8.38. The number of pyridine rings is 2. The highest BCUT2D eigenvalue weighted by atomic mass is 15.1. The Bertz CT molecular complexity index is 629. The van der Waals surface area contributed by atoms with E-state index in [0.717, 1.165) is 16.6 Å². The molecular formula is C11H9N5. The van der Waals surface area contributed by atoms with E-state index in [-0.39, 0.29) is 0 Å². The summed E-state index contributed by atoms with van der Waals surface area (Å²) in [7, 11) is 0. The smallest absolute Gasteiger partial charge is 0.157 e. The van der Waals surface area contributed by atoms with Gasteiger partial charge in [-0.2, -0.15) is 5.10 Å². The van der Waals surface area contributed by atoms with Crippen LogP contribution in [0.1, 0.15) is 0 Å². The predicted molar refractivity (Wildman–Crippen MR) is 61.5 cm³/mol. The molecule has 3 aromatic heterocycles. The summed E-state index contributed by atoms with van der Waals surface area (Å²) in [5.41, 5.74) is 9.10. The zero-order valence-electron chi connectivity index (χ0n) is 8.38. The Hall–Kier alpha value is -2.43. The molecule has 3 rings (SSSR count). The van der Waals surface area contributed by atoms with Gasteiger partial charge in [0.15, 0.2) is 5.65 Å². The van der Waals surface area contributed by atoms with Crippen molar-refractivity contribution in [3.8, 4) is 11.3 Å².